The van der Waals surface area contributed by atoms with Crippen LogP contribution < -0.4 is 5.32 Å². The Labute approximate surface area is 171 Å². The molecule has 0 aromatic rings. The van der Waals surface area contributed by atoms with Crippen LogP contribution in [0.2, 0.25) is 0 Å². The lowest BCUT2D eigenvalue weighted by atomic mass is 9.68. The van der Waals surface area contributed by atoms with Crippen LogP contribution in [0.25, 0.3) is 0 Å². The molecular weight excluding hydrogens is 425 g/mol. The number of rotatable bonds is 6. The molecule has 0 amide bonds. The smallest absolute Gasteiger partial charge is 0.193 e. The molecular formula is C19H38IN5. The van der Waals surface area contributed by atoms with E-state index in [0.717, 1.165) is 12.5 Å². The molecule has 0 aromatic carbocycles. The highest BCUT2D eigenvalue weighted by Gasteiger charge is 2.43. The van der Waals surface area contributed by atoms with Crippen LogP contribution in [0.3, 0.4) is 0 Å². The normalized spacial score (nSPS) is 24.2. The molecule has 1 spiro atoms. The molecule has 0 unspecified atom stereocenters. The molecule has 3 fully saturated rings. The zero-order chi connectivity index (χ0) is 16.8. The van der Waals surface area contributed by atoms with E-state index in [2.05, 4.69) is 31.9 Å². The minimum Gasteiger partial charge on any atom is -0.356 e. The van der Waals surface area contributed by atoms with Gasteiger partial charge in [0.1, 0.15) is 0 Å². The van der Waals surface area contributed by atoms with Crippen molar-refractivity contribution in [1.82, 2.24) is 20.0 Å². The first-order valence-corrected chi connectivity index (χ1v) is 10.1. The third kappa shape index (κ3) is 5.70. The molecule has 2 saturated heterocycles. The average Bonchev–Trinajstić information content (AvgIpc) is 3.04. The Morgan fingerprint density at radius 3 is 2.28 bits per heavy atom. The van der Waals surface area contributed by atoms with E-state index in [1.807, 2.05) is 7.05 Å². The van der Waals surface area contributed by atoms with Crippen molar-refractivity contribution in [3.8, 4) is 0 Å². The number of guanidine groups is 1. The van der Waals surface area contributed by atoms with Crippen LogP contribution in [0.15, 0.2) is 4.99 Å². The molecule has 25 heavy (non-hydrogen) atoms. The van der Waals surface area contributed by atoms with Crippen LogP contribution in [0.1, 0.15) is 45.4 Å². The molecule has 2 heterocycles. The molecule has 3 aliphatic rings. The first-order chi connectivity index (χ1) is 11.7. The lowest BCUT2D eigenvalue weighted by molar-refractivity contribution is 0.136. The third-order valence-corrected chi connectivity index (χ3v) is 6.46. The topological polar surface area (TPSA) is 34.1 Å². The van der Waals surface area contributed by atoms with Gasteiger partial charge in [0.2, 0.25) is 0 Å². The van der Waals surface area contributed by atoms with Crippen LogP contribution in [-0.4, -0.2) is 86.6 Å². The van der Waals surface area contributed by atoms with Gasteiger partial charge in [-0.15, -0.1) is 24.0 Å². The van der Waals surface area contributed by atoms with Crippen molar-refractivity contribution >= 4 is 29.9 Å². The molecule has 6 heteroatoms. The molecule has 0 radical (unpaired) electrons. The van der Waals surface area contributed by atoms with E-state index in [1.54, 1.807) is 0 Å². The quantitative estimate of drug-likeness (QED) is 0.284. The van der Waals surface area contributed by atoms with Gasteiger partial charge in [0.25, 0.3) is 0 Å². The van der Waals surface area contributed by atoms with Gasteiger partial charge in [-0.25, -0.2) is 0 Å². The van der Waals surface area contributed by atoms with Crippen molar-refractivity contribution in [3.63, 3.8) is 0 Å². The van der Waals surface area contributed by atoms with E-state index < -0.39 is 0 Å². The number of aliphatic imine (C=N–C) groups is 1. The van der Waals surface area contributed by atoms with Gasteiger partial charge in [-0.2, -0.15) is 0 Å². The van der Waals surface area contributed by atoms with E-state index in [0.29, 0.717) is 5.41 Å². The summed E-state index contributed by atoms with van der Waals surface area (Å²) in [5.74, 6) is 1.13. The fraction of sp³-hybridized carbons (Fsp3) is 0.947. The Balaban J connectivity index is 0.00000225. The fourth-order valence-electron chi connectivity index (χ4n) is 4.52. The molecule has 2 aliphatic heterocycles. The van der Waals surface area contributed by atoms with Crippen molar-refractivity contribution < 1.29 is 0 Å². The number of nitrogens with zero attached hydrogens (tertiary/aromatic N) is 4. The van der Waals surface area contributed by atoms with E-state index in [-0.39, 0.29) is 24.0 Å². The zero-order valence-corrected chi connectivity index (χ0v) is 18.6. The van der Waals surface area contributed by atoms with E-state index in [1.165, 1.54) is 90.9 Å². The maximum absolute atomic E-state index is 4.51. The van der Waals surface area contributed by atoms with Crippen molar-refractivity contribution in [2.75, 3.05) is 66.0 Å². The summed E-state index contributed by atoms with van der Waals surface area (Å²) in [6.07, 6.45) is 8.22. The van der Waals surface area contributed by atoms with Gasteiger partial charge < -0.3 is 20.0 Å². The van der Waals surface area contributed by atoms with Crippen LogP contribution in [0.5, 0.6) is 0 Å². The summed E-state index contributed by atoms with van der Waals surface area (Å²) in [4.78, 5) is 12.2. The molecule has 1 N–H and O–H groups in total. The minimum atomic E-state index is 0. The van der Waals surface area contributed by atoms with Crippen LogP contribution in [-0.2, 0) is 0 Å². The average molecular weight is 463 g/mol. The number of hydrogen-bond donors (Lipinski definition) is 1. The van der Waals surface area contributed by atoms with Crippen molar-refractivity contribution in [2.45, 2.75) is 45.4 Å². The molecule has 3 rings (SSSR count). The molecule has 1 aliphatic carbocycles. The zero-order valence-electron chi connectivity index (χ0n) is 16.3. The van der Waals surface area contributed by atoms with Crippen LogP contribution in [0.4, 0.5) is 0 Å². The summed E-state index contributed by atoms with van der Waals surface area (Å²) in [5, 5.41) is 3.60. The summed E-state index contributed by atoms with van der Waals surface area (Å²) >= 11 is 0. The van der Waals surface area contributed by atoms with Crippen molar-refractivity contribution in [1.29, 1.82) is 0 Å². The number of unbranched alkanes of at least 4 members (excludes halogenated alkanes) is 1. The lowest BCUT2D eigenvalue weighted by Gasteiger charge is -2.38. The Kier molecular flexibility index (Phi) is 8.75. The second-order valence-corrected chi connectivity index (χ2v) is 7.98. The Hall–Kier alpha value is -0.0800. The number of halogens is 1. The van der Waals surface area contributed by atoms with Gasteiger partial charge in [-0.1, -0.05) is 13.3 Å². The largest absolute Gasteiger partial charge is 0.356 e. The van der Waals surface area contributed by atoms with Gasteiger partial charge in [0.15, 0.2) is 5.96 Å². The number of piperazine rings is 1. The molecule has 5 nitrogen and oxygen atoms in total. The second-order valence-electron chi connectivity index (χ2n) is 7.98. The molecule has 0 atom stereocenters. The predicted molar refractivity (Wildman–Crippen MR) is 117 cm³/mol. The maximum Gasteiger partial charge on any atom is 0.193 e. The molecule has 146 valence electrons. The van der Waals surface area contributed by atoms with Crippen molar-refractivity contribution in [2.24, 2.45) is 10.4 Å². The van der Waals surface area contributed by atoms with Crippen LogP contribution >= 0.6 is 24.0 Å². The van der Waals surface area contributed by atoms with E-state index in [9.17, 15) is 0 Å². The number of hydrogen-bond acceptors (Lipinski definition) is 3. The standard InChI is InChI=1S/C19H37N5.HI/c1-3-22-13-15-23(16-14-22)11-5-4-10-21-18(20-2)24-12-9-19(17-24)7-6-8-19;/h3-17H2,1-2H3,(H,20,21);1H. The van der Waals surface area contributed by atoms with Gasteiger partial charge in [0, 0.05) is 52.9 Å². The first kappa shape index (κ1) is 21.2. The number of nitrogens with one attached hydrogen (secondary N) is 1. The summed E-state index contributed by atoms with van der Waals surface area (Å²) in [6.45, 7) is 13.2. The monoisotopic (exact) mass is 463 g/mol. The SMILES string of the molecule is CCN1CCN(CCCCNC(=NC)N2CCC3(CCC3)C2)CC1.I. The summed E-state index contributed by atoms with van der Waals surface area (Å²) in [7, 11) is 1.93. The fourth-order valence-corrected chi connectivity index (χ4v) is 4.52. The predicted octanol–water partition coefficient (Wildman–Crippen LogP) is 2.47. The lowest BCUT2D eigenvalue weighted by Crippen LogP contribution is -2.46. The third-order valence-electron chi connectivity index (χ3n) is 6.46. The molecule has 0 aromatic heterocycles. The van der Waals surface area contributed by atoms with E-state index >= 15 is 0 Å². The second kappa shape index (κ2) is 10.3. The molecule has 0 bridgehead atoms. The van der Waals surface area contributed by atoms with Gasteiger partial charge >= 0.3 is 0 Å². The summed E-state index contributed by atoms with van der Waals surface area (Å²) in [5.41, 5.74) is 0.651. The van der Waals surface area contributed by atoms with Crippen molar-refractivity contribution in [3.05, 3.63) is 0 Å². The molecule has 1 saturated carbocycles. The Bertz CT molecular complexity index is 416. The maximum atomic E-state index is 4.51. The van der Waals surface area contributed by atoms with Gasteiger partial charge in [-0.3, -0.25) is 4.99 Å². The van der Waals surface area contributed by atoms with Gasteiger partial charge in [0.05, 0.1) is 0 Å². The first-order valence-electron chi connectivity index (χ1n) is 10.1. The minimum absolute atomic E-state index is 0. The van der Waals surface area contributed by atoms with Crippen LogP contribution in [0, 0.1) is 5.41 Å². The highest BCUT2D eigenvalue weighted by molar-refractivity contribution is 14.0. The number of likely N-dealkylation sites (tertiary alicyclic amines) is 1. The Morgan fingerprint density at radius 2 is 1.72 bits per heavy atom. The highest BCUT2D eigenvalue weighted by atomic mass is 127. The summed E-state index contributed by atoms with van der Waals surface area (Å²) in [6, 6.07) is 0. The number of likely N-dealkylation sites (N-methyl/N-ethyl adjacent to an activating group) is 1. The highest BCUT2D eigenvalue weighted by Crippen LogP contribution is 2.47. The van der Waals surface area contributed by atoms with Gasteiger partial charge in [-0.05, 0) is 50.6 Å². The Morgan fingerprint density at radius 1 is 1.00 bits per heavy atom. The summed E-state index contributed by atoms with van der Waals surface area (Å²) < 4.78 is 0. The van der Waals surface area contributed by atoms with E-state index in [4.69, 9.17) is 0 Å².